The van der Waals surface area contributed by atoms with E-state index in [4.69, 9.17) is 0 Å². The molecule has 2 aromatic carbocycles. The van der Waals surface area contributed by atoms with Gasteiger partial charge in [-0.2, -0.15) is 15.0 Å². The highest BCUT2D eigenvalue weighted by Crippen LogP contribution is 2.23. The van der Waals surface area contributed by atoms with Crippen molar-refractivity contribution in [1.82, 2.24) is 19.6 Å². The van der Waals surface area contributed by atoms with E-state index >= 15 is 0 Å². The Kier molecular flexibility index (Phi) is 4.19. The van der Waals surface area contributed by atoms with Crippen LogP contribution in [0.2, 0.25) is 0 Å². The third-order valence-electron chi connectivity index (χ3n) is 4.31. The zero-order valence-electron chi connectivity index (χ0n) is 14.2. The van der Waals surface area contributed by atoms with Gasteiger partial charge in [0.05, 0.1) is 35.5 Å². The van der Waals surface area contributed by atoms with Crippen molar-refractivity contribution in [3.05, 3.63) is 88.0 Å². The average molecular weight is 382 g/mol. The van der Waals surface area contributed by atoms with Crippen LogP contribution in [0.4, 0.5) is 8.78 Å². The number of para-hydroxylation sites is 1. The summed E-state index contributed by atoms with van der Waals surface area (Å²) in [7, 11) is 0. The lowest BCUT2D eigenvalue weighted by Crippen LogP contribution is -2.19. The summed E-state index contributed by atoms with van der Waals surface area (Å²) in [5.41, 5.74) is -0.216. The van der Waals surface area contributed by atoms with E-state index in [1.54, 1.807) is 24.3 Å². The van der Waals surface area contributed by atoms with E-state index in [1.165, 1.54) is 21.8 Å². The third-order valence-corrected chi connectivity index (χ3v) is 4.31. The van der Waals surface area contributed by atoms with Crippen LogP contribution in [0.5, 0.6) is 0 Å². The number of fused-ring (bicyclic) bond motifs is 1. The minimum absolute atomic E-state index is 0.0507. The molecular formula is C19H12F2N4O3. The Morgan fingerprint density at radius 3 is 2.46 bits per heavy atom. The third kappa shape index (κ3) is 2.92. The van der Waals surface area contributed by atoms with Gasteiger partial charge in [-0.05, 0) is 17.7 Å². The van der Waals surface area contributed by atoms with Crippen LogP contribution in [0.3, 0.4) is 0 Å². The SMILES string of the molecule is O=C(O)c1cn(-c2ccccc2Cn2nccn2)c2cc(F)c(F)cc2c1=O. The number of benzene rings is 2. The maximum Gasteiger partial charge on any atom is 0.341 e. The van der Waals surface area contributed by atoms with E-state index in [9.17, 15) is 23.5 Å². The van der Waals surface area contributed by atoms with E-state index in [0.29, 0.717) is 17.3 Å². The summed E-state index contributed by atoms with van der Waals surface area (Å²) >= 11 is 0. The molecule has 0 saturated heterocycles. The topological polar surface area (TPSA) is 90.0 Å². The summed E-state index contributed by atoms with van der Waals surface area (Å²) < 4.78 is 29.0. The molecule has 0 aliphatic rings. The molecule has 0 aliphatic heterocycles. The Hall–Kier alpha value is -3.88. The Morgan fingerprint density at radius 1 is 1.07 bits per heavy atom. The number of nitrogens with zero attached hydrogens (tertiary/aromatic N) is 4. The second kappa shape index (κ2) is 6.69. The van der Waals surface area contributed by atoms with E-state index < -0.39 is 28.6 Å². The molecule has 0 spiro atoms. The summed E-state index contributed by atoms with van der Waals surface area (Å²) in [5.74, 6) is -3.83. The highest BCUT2D eigenvalue weighted by molar-refractivity contribution is 5.93. The van der Waals surface area contributed by atoms with Gasteiger partial charge in [0.2, 0.25) is 5.43 Å². The van der Waals surface area contributed by atoms with E-state index in [1.807, 2.05) is 0 Å². The fourth-order valence-electron chi connectivity index (χ4n) is 3.03. The molecule has 0 atom stereocenters. The number of aromatic carboxylic acids is 1. The first-order valence-electron chi connectivity index (χ1n) is 8.16. The molecule has 9 heteroatoms. The second-order valence-electron chi connectivity index (χ2n) is 6.02. The molecular weight excluding hydrogens is 370 g/mol. The van der Waals surface area contributed by atoms with Crippen molar-refractivity contribution >= 4 is 16.9 Å². The monoisotopic (exact) mass is 382 g/mol. The predicted octanol–water partition coefficient (Wildman–Crippen LogP) is 2.61. The first-order chi connectivity index (χ1) is 13.5. The number of hydrogen-bond acceptors (Lipinski definition) is 4. The number of carboxylic acid groups (broad SMARTS) is 1. The molecule has 0 amide bonds. The van der Waals surface area contributed by atoms with E-state index in [0.717, 1.165) is 12.3 Å². The molecule has 2 aromatic heterocycles. The number of pyridine rings is 1. The van der Waals surface area contributed by atoms with Gasteiger partial charge in [0.15, 0.2) is 11.6 Å². The van der Waals surface area contributed by atoms with Crippen LogP contribution < -0.4 is 5.43 Å². The van der Waals surface area contributed by atoms with Crippen LogP contribution in [-0.2, 0) is 6.54 Å². The average Bonchev–Trinajstić information content (AvgIpc) is 3.17. The summed E-state index contributed by atoms with van der Waals surface area (Å²) in [6.07, 6.45) is 4.13. The fourth-order valence-corrected chi connectivity index (χ4v) is 3.03. The predicted molar refractivity (Wildman–Crippen MR) is 95.5 cm³/mol. The largest absolute Gasteiger partial charge is 0.477 e. The van der Waals surface area contributed by atoms with E-state index in [2.05, 4.69) is 10.2 Å². The van der Waals surface area contributed by atoms with Gasteiger partial charge in [-0.15, -0.1) is 0 Å². The maximum absolute atomic E-state index is 13.9. The first-order valence-corrected chi connectivity index (χ1v) is 8.16. The molecule has 0 aliphatic carbocycles. The molecule has 28 heavy (non-hydrogen) atoms. The normalized spacial score (nSPS) is 11.1. The van der Waals surface area contributed by atoms with Crippen molar-refractivity contribution in [3.63, 3.8) is 0 Å². The minimum atomic E-state index is -1.46. The number of halogens is 2. The molecule has 0 radical (unpaired) electrons. The zero-order valence-corrected chi connectivity index (χ0v) is 14.2. The molecule has 2 heterocycles. The smallest absolute Gasteiger partial charge is 0.341 e. The van der Waals surface area contributed by atoms with Crippen molar-refractivity contribution in [3.8, 4) is 5.69 Å². The fraction of sp³-hybridized carbons (Fsp3) is 0.0526. The van der Waals surface area contributed by atoms with Crippen LogP contribution in [0.1, 0.15) is 15.9 Å². The van der Waals surface area contributed by atoms with E-state index in [-0.39, 0.29) is 17.4 Å². The molecule has 0 bridgehead atoms. The molecule has 0 saturated carbocycles. The van der Waals surface area contributed by atoms with Crippen molar-refractivity contribution < 1.29 is 18.7 Å². The van der Waals surface area contributed by atoms with Crippen molar-refractivity contribution in [2.45, 2.75) is 6.54 Å². The molecule has 1 N–H and O–H groups in total. The molecule has 7 nitrogen and oxygen atoms in total. The standard InChI is InChI=1S/C19H12F2N4O3/c20-14-7-12-17(8-15(14)21)24(10-13(18(12)26)19(27)28)16-4-2-1-3-11(16)9-25-22-5-6-23-25/h1-8,10H,9H2,(H,27,28). The molecule has 0 unspecified atom stereocenters. The highest BCUT2D eigenvalue weighted by atomic mass is 19.2. The first kappa shape index (κ1) is 17.5. The molecule has 0 fully saturated rings. The minimum Gasteiger partial charge on any atom is -0.477 e. The summed E-state index contributed by atoms with van der Waals surface area (Å²) in [6.45, 7) is 0.253. The molecule has 4 aromatic rings. The van der Waals surface area contributed by atoms with Crippen LogP contribution >= 0.6 is 0 Å². The van der Waals surface area contributed by atoms with Gasteiger partial charge in [-0.1, -0.05) is 18.2 Å². The second-order valence-corrected chi connectivity index (χ2v) is 6.02. The van der Waals surface area contributed by atoms with Crippen LogP contribution in [0.15, 0.2) is 59.8 Å². The van der Waals surface area contributed by atoms with Gasteiger partial charge in [-0.25, -0.2) is 13.6 Å². The summed E-state index contributed by atoms with van der Waals surface area (Å²) in [5, 5.41) is 17.2. The number of carbonyl (C=O) groups is 1. The van der Waals surface area contributed by atoms with Gasteiger partial charge in [0.1, 0.15) is 5.56 Å². The summed E-state index contributed by atoms with van der Waals surface area (Å²) in [4.78, 5) is 25.4. The Morgan fingerprint density at radius 2 is 1.75 bits per heavy atom. The van der Waals surface area contributed by atoms with Crippen LogP contribution in [0.25, 0.3) is 16.6 Å². The van der Waals surface area contributed by atoms with Crippen LogP contribution in [0, 0.1) is 11.6 Å². The van der Waals surface area contributed by atoms with Gasteiger partial charge < -0.3 is 9.67 Å². The van der Waals surface area contributed by atoms with Gasteiger partial charge in [0.25, 0.3) is 0 Å². The van der Waals surface area contributed by atoms with Crippen molar-refractivity contribution in [2.24, 2.45) is 0 Å². The number of carboxylic acids is 1. The Labute approximate surface area is 156 Å². The highest BCUT2D eigenvalue weighted by Gasteiger charge is 2.19. The number of rotatable bonds is 4. The van der Waals surface area contributed by atoms with Crippen LogP contribution in [-0.4, -0.2) is 30.6 Å². The lowest BCUT2D eigenvalue weighted by molar-refractivity contribution is 0.0695. The Balaban J connectivity index is 2.04. The van der Waals surface area contributed by atoms with Crippen molar-refractivity contribution in [1.29, 1.82) is 0 Å². The Bertz CT molecular complexity index is 1270. The molecule has 4 rings (SSSR count). The van der Waals surface area contributed by atoms with Gasteiger partial charge >= 0.3 is 5.97 Å². The quantitative estimate of drug-likeness (QED) is 0.586. The lowest BCUT2D eigenvalue weighted by Gasteiger charge is -2.16. The van der Waals surface area contributed by atoms with Gasteiger partial charge in [0, 0.05) is 12.3 Å². The lowest BCUT2D eigenvalue weighted by atomic mass is 10.1. The van der Waals surface area contributed by atoms with Crippen molar-refractivity contribution in [2.75, 3.05) is 0 Å². The number of hydrogen-bond donors (Lipinski definition) is 1. The maximum atomic E-state index is 13.9. The molecule has 140 valence electrons. The summed E-state index contributed by atoms with van der Waals surface area (Å²) in [6, 6.07) is 8.51. The zero-order chi connectivity index (χ0) is 19.8. The van der Waals surface area contributed by atoms with Gasteiger partial charge in [-0.3, -0.25) is 4.79 Å². The number of aromatic nitrogens is 4.